The second-order valence-corrected chi connectivity index (χ2v) is 10.00. The van der Waals surface area contributed by atoms with Crippen LogP contribution in [0.2, 0.25) is 0 Å². The van der Waals surface area contributed by atoms with E-state index in [-0.39, 0.29) is 6.61 Å². The number of aliphatic hydroxyl groups is 1. The number of aryl methyl sites for hydroxylation is 1. The molecule has 0 saturated carbocycles. The second-order valence-electron chi connectivity index (χ2n) is 10.00. The highest BCUT2D eigenvalue weighted by molar-refractivity contribution is 5.57. The van der Waals surface area contributed by atoms with Crippen LogP contribution in [-0.4, -0.2) is 60.9 Å². The van der Waals surface area contributed by atoms with E-state index in [9.17, 15) is 14.7 Å². The molecule has 5 rings (SSSR count). The number of nitrogens with one attached hydrogen (secondary N) is 1. The van der Waals surface area contributed by atoms with Gasteiger partial charge in [0, 0.05) is 24.4 Å². The summed E-state index contributed by atoms with van der Waals surface area (Å²) in [7, 11) is 4.57. The fourth-order valence-electron chi connectivity index (χ4n) is 5.55. The standard InChI is InChI=1S/C32H34N2O8/c1-20-18-34(31(37)33-29(20)36)30-28(40-4)26(35)25(42-30)19-41-32(21-12-7-5-8-13-21,22-14-9-6-10-15-22)23-16-11-17-24(38-2)27(23)39-3/h5-18,25-26,28,30,35H,19H2,1-4H3,(H,33,36,37)/t25-,26-,28-,30-/m1/s1. The van der Waals surface area contributed by atoms with Crippen molar-refractivity contribution in [3.05, 3.63) is 128 Å². The Bertz CT molecular complexity index is 1580. The number of hydrogen-bond acceptors (Lipinski definition) is 8. The van der Waals surface area contributed by atoms with Gasteiger partial charge < -0.3 is 28.8 Å². The highest BCUT2D eigenvalue weighted by Crippen LogP contribution is 2.48. The number of nitrogens with zero attached hydrogens (tertiary/aromatic N) is 1. The van der Waals surface area contributed by atoms with Crippen LogP contribution in [0, 0.1) is 6.92 Å². The molecule has 2 N–H and O–H groups in total. The smallest absolute Gasteiger partial charge is 0.330 e. The number of hydrogen-bond donors (Lipinski definition) is 2. The van der Waals surface area contributed by atoms with Gasteiger partial charge in [0.1, 0.15) is 23.9 Å². The number of rotatable bonds is 10. The Morgan fingerprint density at radius 3 is 2.12 bits per heavy atom. The molecule has 4 atom stereocenters. The van der Waals surface area contributed by atoms with Gasteiger partial charge in [-0.2, -0.15) is 0 Å². The van der Waals surface area contributed by atoms with Crippen molar-refractivity contribution in [3.8, 4) is 11.5 Å². The van der Waals surface area contributed by atoms with Crippen molar-refractivity contribution >= 4 is 0 Å². The normalized spacial score (nSPS) is 20.4. The predicted molar refractivity (Wildman–Crippen MR) is 155 cm³/mol. The van der Waals surface area contributed by atoms with Crippen molar-refractivity contribution in [2.75, 3.05) is 27.9 Å². The maximum absolute atomic E-state index is 12.7. The summed E-state index contributed by atoms with van der Waals surface area (Å²) in [6, 6.07) is 25.0. The van der Waals surface area contributed by atoms with Crippen LogP contribution in [0.1, 0.15) is 28.5 Å². The zero-order valence-electron chi connectivity index (χ0n) is 23.9. The second kappa shape index (κ2) is 12.3. The van der Waals surface area contributed by atoms with Crippen LogP contribution in [0.3, 0.4) is 0 Å². The van der Waals surface area contributed by atoms with Gasteiger partial charge >= 0.3 is 5.69 Å². The van der Waals surface area contributed by atoms with Crippen molar-refractivity contribution < 1.29 is 28.8 Å². The van der Waals surface area contributed by atoms with Gasteiger partial charge in [0.25, 0.3) is 5.56 Å². The number of para-hydroxylation sites is 1. The molecule has 1 fully saturated rings. The van der Waals surface area contributed by atoms with Gasteiger partial charge in [0.15, 0.2) is 17.7 Å². The summed E-state index contributed by atoms with van der Waals surface area (Å²) in [6.07, 6.45) is -2.57. The van der Waals surface area contributed by atoms with Crippen LogP contribution >= 0.6 is 0 Å². The fourth-order valence-corrected chi connectivity index (χ4v) is 5.55. The minimum atomic E-state index is -1.22. The number of aliphatic hydroxyl groups excluding tert-OH is 1. The topological polar surface area (TPSA) is 121 Å². The number of methoxy groups -OCH3 is 3. The lowest BCUT2D eigenvalue weighted by Gasteiger charge is -2.38. The van der Waals surface area contributed by atoms with Crippen LogP contribution in [0.15, 0.2) is 94.6 Å². The average Bonchev–Trinajstić information content (AvgIpc) is 3.34. The van der Waals surface area contributed by atoms with Gasteiger partial charge in [-0.05, 0) is 24.1 Å². The Labute approximate surface area is 243 Å². The van der Waals surface area contributed by atoms with E-state index in [0.29, 0.717) is 22.6 Å². The van der Waals surface area contributed by atoms with Crippen LogP contribution in [-0.2, 0) is 19.8 Å². The summed E-state index contributed by atoms with van der Waals surface area (Å²) < 4.78 is 31.5. The number of ether oxygens (including phenoxy) is 5. The van der Waals surface area contributed by atoms with E-state index in [2.05, 4.69) is 4.98 Å². The van der Waals surface area contributed by atoms with E-state index in [4.69, 9.17) is 23.7 Å². The molecule has 0 radical (unpaired) electrons. The summed E-state index contributed by atoms with van der Waals surface area (Å²) in [6.45, 7) is 1.48. The third-order valence-electron chi connectivity index (χ3n) is 7.61. The van der Waals surface area contributed by atoms with Crippen LogP contribution < -0.4 is 20.7 Å². The van der Waals surface area contributed by atoms with E-state index in [1.54, 1.807) is 21.1 Å². The number of aromatic nitrogens is 2. The SMILES string of the molecule is COc1cccc(C(OC[C@H]2O[C@@H](n3cc(C)c(=O)[nH]c3=O)[C@H](OC)[C@@H]2O)(c2ccccc2)c2ccccc2)c1OC. The molecule has 42 heavy (non-hydrogen) atoms. The summed E-state index contributed by atoms with van der Waals surface area (Å²) >= 11 is 0. The number of aromatic amines is 1. The third-order valence-corrected chi connectivity index (χ3v) is 7.61. The Balaban J connectivity index is 1.61. The molecule has 1 aliphatic heterocycles. The van der Waals surface area contributed by atoms with Gasteiger partial charge in [-0.15, -0.1) is 0 Å². The number of H-pyrrole nitrogens is 1. The monoisotopic (exact) mass is 574 g/mol. The first kappa shape index (κ1) is 29.3. The number of benzene rings is 3. The first-order valence-corrected chi connectivity index (χ1v) is 13.5. The van der Waals surface area contributed by atoms with Gasteiger partial charge in [0.2, 0.25) is 0 Å². The predicted octanol–water partition coefficient (Wildman–Crippen LogP) is 3.14. The van der Waals surface area contributed by atoms with Gasteiger partial charge in [-0.3, -0.25) is 14.3 Å². The summed E-state index contributed by atoms with van der Waals surface area (Å²) in [5.41, 5.74) is 0.227. The summed E-state index contributed by atoms with van der Waals surface area (Å²) in [5, 5.41) is 11.3. The molecule has 0 spiro atoms. The molecule has 1 aliphatic rings. The molecule has 10 heteroatoms. The average molecular weight is 575 g/mol. The van der Waals surface area contributed by atoms with E-state index < -0.39 is 41.4 Å². The van der Waals surface area contributed by atoms with Crippen LogP contribution in [0.25, 0.3) is 0 Å². The highest BCUT2D eigenvalue weighted by atomic mass is 16.6. The van der Waals surface area contributed by atoms with Gasteiger partial charge in [-0.25, -0.2) is 4.79 Å². The van der Waals surface area contributed by atoms with Crippen LogP contribution in [0.4, 0.5) is 0 Å². The lowest BCUT2D eigenvalue weighted by molar-refractivity contribution is -0.0971. The highest BCUT2D eigenvalue weighted by Gasteiger charge is 2.48. The molecule has 1 aromatic heterocycles. The van der Waals surface area contributed by atoms with Crippen molar-refractivity contribution in [3.63, 3.8) is 0 Å². The quantitative estimate of drug-likeness (QED) is 0.277. The lowest BCUT2D eigenvalue weighted by atomic mass is 9.79. The van der Waals surface area contributed by atoms with E-state index in [0.717, 1.165) is 11.1 Å². The first-order chi connectivity index (χ1) is 20.3. The van der Waals surface area contributed by atoms with Crippen molar-refractivity contribution in [1.29, 1.82) is 0 Å². The molecule has 0 aliphatic carbocycles. The molecule has 0 amide bonds. The molecular weight excluding hydrogens is 540 g/mol. The molecule has 220 valence electrons. The van der Waals surface area contributed by atoms with Gasteiger partial charge in [0.05, 0.1) is 20.8 Å². The zero-order chi connectivity index (χ0) is 29.9. The molecule has 1 saturated heterocycles. The fraction of sp³-hybridized carbons (Fsp3) is 0.312. The Morgan fingerprint density at radius 2 is 1.55 bits per heavy atom. The van der Waals surface area contributed by atoms with E-state index in [1.807, 2.05) is 78.9 Å². The van der Waals surface area contributed by atoms with E-state index in [1.165, 1.54) is 17.9 Å². The summed E-state index contributed by atoms with van der Waals surface area (Å²) in [5.74, 6) is 1.02. The summed E-state index contributed by atoms with van der Waals surface area (Å²) in [4.78, 5) is 26.9. The first-order valence-electron chi connectivity index (χ1n) is 13.5. The minimum Gasteiger partial charge on any atom is -0.493 e. The molecule has 2 heterocycles. The molecule has 4 aromatic rings. The molecule has 3 aromatic carbocycles. The van der Waals surface area contributed by atoms with Crippen molar-refractivity contribution in [1.82, 2.24) is 9.55 Å². The maximum atomic E-state index is 12.7. The Morgan fingerprint density at radius 1 is 0.905 bits per heavy atom. The lowest BCUT2D eigenvalue weighted by Crippen LogP contribution is -2.41. The van der Waals surface area contributed by atoms with Crippen LogP contribution in [0.5, 0.6) is 11.5 Å². The third kappa shape index (κ3) is 5.14. The largest absolute Gasteiger partial charge is 0.493 e. The van der Waals surface area contributed by atoms with E-state index >= 15 is 0 Å². The van der Waals surface area contributed by atoms with Gasteiger partial charge in [-0.1, -0.05) is 72.8 Å². The van der Waals surface area contributed by atoms with Crippen molar-refractivity contribution in [2.45, 2.75) is 37.1 Å². The van der Waals surface area contributed by atoms with Crippen molar-refractivity contribution in [2.24, 2.45) is 0 Å². The Hall–Kier alpha value is -4.22. The zero-order valence-corrected chi connectivity index (χ0v) is 23.9. The molecule has 10 nitrogen and oxygen atoms in total. The molecular formula is C32H34N2O8. The maximum Gasteiger partial charge on any atom is 0.330 e. The Kier molecular flexibility index (Phi) is 8.60. The molecule has 0 bridgehead atoms. The molecule has 0 unspecified atom stereocenters. The minimum absolute atomic E-state index is 0.0984.